The predicted molar refractivity (Wildman–Crippen MR) is 46.9 cm³/mol. The van der Waals surface area contributed by atoms with E-state index in [-0.39, 0.29) is 22.4 Å². The summed E-state index contributed by atoms with van der Waals surface area (Å²) in [6.07, 6.45) is 0. The molecule has 0 aliphatic rings. The van der Waals surface area contributed by atoms with Crippen molar-refractivity contribution in [3.63, 3.8) is 0 Å². The number of halogens is 1. The number of nitro groups is 1. The maximum absolute atomic E-state index is 10.4. The third kappa shape index (κ3) is 1.78. The van der Waals surface area contributed by atoms with Gasteiger partial charge in [0, 0.05) is 6.07 Å². The molecule has 1 heterocycles. The fourth-order valence-corrected chi connectivity index (χ4v) is 0.971. The summed E-state index contributed by atoms with van der Waals surface area (Å²) in [5, 5.41) is 10.1. The molecule has 0 aromatic carbocycles. The van der Waals surface area contributed by atoms with Gasteiger partial charge >= 0.3 is 5.69 Å². The van der Waals surface area contributed by atoms with Gasteiger partial charge < -0.3 is 10.5 Å². The lowest BCUT2D eigenvalue weighted by Gasteiger charge is -2.02. The molecule has 6 nitrogen and oxygen atoms in total. The van der Waals surface area contributed by atoms with E-state index in [1.54, 1.807) is 0 Å². The zero-order valence-corrected chi connectivity index (χ0v) is 7.41. The molecule has 70 valence electrons. The van der Waals surface area contributed by atoms with Gasteiger partial charge in [0.15, 0.2) is 0 Å². The van der Waals surface area contributed by atoms with Crippen molar-refractivity contribution in [3.05, 3.63) is 21.3 Å². The lowest BCUT2D eigenvalue weighted by atomic mass is 10.4. The summed E-state index contributed by atoms with van der Waals surface area (Å²) in [6, 6.07) is 1.11. The number of rotatable bonds is 2. The highest BCUT2D eigenvalue weighted by molar-refractivity contribution is 6.31. The number of methoxy groups -OCH3 is 1. The number of nitrogens with zero attached hydrogens (tertiary/aromatic N) is 2. The van der Waals surface area contributed by atoms with Crippen LogP contribution in [0, 0.1) is 10.1 Å². The summed E-state index contributed by atoms with van der Waals surface area (Å²) in [4.78, 5) is 13.3. The van der Waals surface area contributed by atoms with Crippen molar-refractivity contribution < 1.29 is 9.66 Å². The fourth-order valence-electron chi connectivity index (χ4n) is 0.771. The number of hydrogen-bond acceptors (Lipinski definition) is 5. The molecule has 7 heteroatoms. The number of pyridine rings is 1. The molecule has 1 rings (SSSR count). The van der Waals surface area contributed by atoms with Crippen LogP contribution < -0.4 is 10.5 Å². The second kappa shape index (κ2) is 3.44. The number of nitrogens with two attached hydrogens (primary N) is 1. The van der Waals surface area contributed by atoms with E-state index in [9.17, 15) is 10.1 Å². The van der Waals surface area contributed by atoms with Crippen LogP contribution in [0.5, 0.6) is 5.88 Å². The van der Waals surface area contributed by atoms with Crippen LogP contribution in [0.15, 0.2) is 6.07 Å². The van der Waals surface area contributed by atoms with Crippen LogP contribution in [0.1, 0.15) is 0 Å². The van der Waals surface area contributed by atoms with Crippen LogP contribution in [-0.4, -0.2) is 17.0 Å². The Hall–Kier alpha value is -1.56. The van der Waals surface area contributed by atoms with Gasteiger partial charge in [0.05, 0.1) is 12.0 Å². The van der Waals surface area contributed by atoms with Crippen molar-refractivity contribution in [1.29, 1.82) is 0 Å². The summed E-state index contributed by atoms with van der Waals surface area (Å²) in [5.74, 6) is 0.0793. The van der Waals surface area contributed by atoms with Gasteiger partial charge in [-0.3, -0.25) is 10.1 Å². The molecular weight excluding hydrogens is 198 g/mol. The lowest BCUT2D eigenvalue weighted by Crippen LogP contribution is -1.99. The van der Waals surface area contributed by atoms with Gasteiger partial charge in [-0.1, -0.05) is 11.6 Å². The van der Waals surface area contributed by atoms with E-state index in [0.717, 1.165) is 6.07 Å². The van der Waals surface area contributed by atoms with E-state index in [1.807, 2.05) is 0 Å². The molecule has 0 amide bonds. The first-order chi connectivity index (χ1) is 6.06. The molecular formula is C6H6ClN3O3. The zero-order chi connectivity index (χ0) is 10.0. The van der Waals surface area contributed by atoms with Gasteiger partial charge in [0.1, 0.15) is 5.69 Å². The highest BCUT2D eigenvalue weighted by atomic mass is 35.5. The van der Waals surface area contributed by atoms with Crippen LogP contribution >= 0.6 is 11.6 Å². The summed E-state index contributed by atoms with van der Waals surface area (Å²) in [7, 11) is 1.35. The first kappa shape index (κ1) is 9.53. The van der Waals surface area contributed by atoms with Crippen molar-refractivity contribution in [3.8, 4) is 5.88 Å². The van der Waals surface area contributed by atoms with E-state index in [1.165, 1.54) is 7.11 Å². The van der Waals surface area contributed by atoms with Gasteiger partial charge in [-0.15, -0.1) is 0 Å². The molecule has 0 saturated heterocycles. The number of nitrogen functional groups attached to an aromatic ring is 1. The van der Waals surface area contributed by atoms with Gasteiger partial charge in [0.25, 0.3) is 0 Å². The molecule has 2 N–H and O–H groups in total. The van der Waals surface area contributed by atoms with Gasteiger partial charge in [-0.25, -0.2) is 0 Å². The second-order valence-corrected chi connectivity index (χ2v) is 2.51. The third-order valence-electron chi connectivity index (χ3n) is 1.34. The van der Waals surface area contributed by atoms with Crippen molar-refractivity contribution in [2.75, 3.05) is 12.8 Å². The van der Waals surface area contributed by atoms with Crippen LogP contribution in [0.25, 0.3) is 0 Å². The summed E-state index contributed by atoms with van der Waals surface area (Å²) in [6.45, 7) is 0. The van der Waals surface area contributed by atoms with Crippen molar-refractivity contribution >= 4 is 23.0 Å². The number of hydrogen-bond donors (Lipinski definition) is 1. The average Bonchev–Trinajstić information content (AvgIpc) is 2.07. The molecule has 0 atom stereocenters. The van der Waals surface area contributed by atoms with E-state index >= 15 is 0 Å². The average molecular weight is 204 g/mol. The van der Waals surface area contributed by atoms with Crippen LogP contribution in [0.2, 0.25) is 5.15 Å². The first-order valence-electron chi connectivity index (χ1n) is 3.20. The molecule has 0 radical (unpaired) electrons. The molecule has 13 heavy (non-hydrogen) atoms. The van der Waals surface area contributed by atoms with Crippen LogP contribution in [0.4, 0.5) is 11.4 Å². The normalized spacial score (nSPS) is 9.69. The lowest BCUT2D eigenvalue weighted by molar-refractivity contribution is -0.385. The molecule has 0 spiro atoms. The minimum absolute atomic E-state index is 0.0793. The van der Waals surface area contributed by atoms with Crippen molar-refractivity contribution in [1.82, 2.24) is 4.98 Å². The minimum Gasteiger partial charge on any atom is -0.479 e. The zero-order valence-electron chi connectivity index (χ0n) is 6.65. The molecule has 1 aromatic heterocycles. The predicted octanol–water partition coefficient (Wildman–Crippen LogP) is 1.23. The standard InChI is InChI=1S/C6H6ClN3O3/c1-13-6-3(8)2-4(10(11)12)5(7)9-6/h2H,8H2,1H3. The third-order valence-corrected chi connectivity index (χ3v) is 1.62. The summed E-state index contributed by atoms with van der Waals surface area (Å²) < 4.78 is 4.72. The number of aromatic nitrogens is 1. The Kier molecular flexibility index (Phi) is 2.52. The van der Waals surface area contributed by atoms with E-state index in [0.29, 0.717) is 0 Å². The molecule has 0 saturated carbocycles. The highest BCUT2D eigenvalue weighted by Gasteiger charge is 2.17. The monoisotopic (exact) mass is 203 g/mol. The van der Waals surface area contributed by atoms with Gasteiger partial charge in [0.2, 0.25) is 11.0 Å². The quantitative estimate of drug-likeness (QED) is 0.444. The smallest absolute Gasteiger partial charge is 0.308 e. The van der Waals surface area contributed by atoms with E-state index in [4.69, 9.17) is 22.1 Å². The Bertz CT molecular complexity index is 355. The second-order valence-electron chi connectivity index (χ2n) is 2.15. The van der Waals surface area contributed by atoms with Crippen LogP contribution in [0.3, 0.4) is 0 Å². The molecule has 0 bridgehead atoms. The Labute approximate surface area is 78.4 Å². The molecule has 1 aromatic rings. The van der Waals surface area contributed by atoms with Crippen molar-refractivity contribution in [2.45, 2.75) is 0 Å². The molecule has 0 fully saturated rings. The summed E-state index contributed by atoms with van der Waals surface area (Å²) >= 11 is 5.49. The maximum atomic E-state index is 10.4. The maximum Gasteiger partial charge on any atom is 0.308 e. The number of ether oxygens (including phenoxy) is 1. The Morgan fingerprint density at radius 2 is 2.38 bits per heavy atom. The molecule has 0 unspecified atom stereocenters. The molecule has 0 aliphatic heterocycles. The number of anilines is 1. The fraction of sp³-hybridized carbons (Fsp3) is 0.167. The van der Waals surface area contributed by atoms with Crippen molar-refractivity contribution in [2.24, 2.45) is 0 Å². The largest absolute Gasteiger partial charge is 0.479 e. The molecule has 0 aliphatic carbocycles. The van der Waals surface area contributed by atoms with Crippen LogP contribution in [-0.2, 0) is 0 Å². The SMILES string of the molecule is COc1nc(Cl)c([N+](=O)[O-])cc1N. The van der Waals surface area contributed by atoms with E-state index < -0.39 is 4.92 Å². The van der Waals surface area contributed by atoms with E-state index in [2.05, 4.69) is 4.98 Å². The summed E-state index contributed by atoms with van der Waals surface area (Å²) in [5.41, 5.74) is 5.14. The Balaban J connectivity index is 3.28. The first-order valence-corrected chi connectivity index (χ1v) is 3.58. The minimum atomic E-state index is -0.662. The topological polar surface area (TPSA) is 91.3 Å². The Morgan fingerprint density at radius 1 is 1.77 bits per heavy atom. The highest BCUT2D eigenvalue weighted by Crippen LogP contribution is 2.29. The van der Waals surface area contributed by atoms with Gasteiger partial charge in [-0.2, -0.15) is 4.98 Å². The van der Waals surface area contributed by atoms with Gasteiger partial charge in [-0.05, 0) is 0 Å². The Morgan fingerprint density at radius 3 is 2.85 bits per heavy atom.